The van der Waals surface area contributed by atoms with Crippen molar-refractivity contribution in [1.82, 2.24) is 0 Å². The van der Waals surface area contributed by atoms with Crippen molar-refractivity contribution in [3.8, 4) is 0 Å². The molecule has 28 heavy (non-hydrogen) atoms. The zero-order chi connectivity index (χ0) is 21.3. The number of hydrogen-bond acceptors (Lipinski definition) is 4. The Bertz CT molecular complexity index is 235. The fourth-order valence-electron chi connectivity index (χ4n) is 3.21. The van der Waals surface area contributed by atoms with Crippen molar-refractivity contribution in [3.05, 3.63) is 0 Å². The molecule has 0 fully saturated rings. The normalized spacial score (nSPS) is 13.1. The molecule has 0 aromatic carbocycles. The van der Waals surface area contributed by atoms with Gasteiger partial charge in [-0.05, 0) is 38.5 Å². The first-order valence-electron chi connectivity index (χ1n) is 12.2. The van der Waals surface area contributed by atoms with Crippen molar-refractivity contribution >= 4 is 0 Å². The molecule has 0 spiro atoms. The molecule has 4 N–H and O–H groups in total. The van der Waals surface area contributed by atoms with Crippen LogP contribution >= 0.6 is 0 Å². The Balaban J connectivity index is 0. The minimum absolute atomic E-state index is 0.0761. The van der Waals surface area contributed by atoms with Gasteiger partial charge in [-0.25, -0.2) is 0 Å². The predicted octanol–water partition coefficient (Wildman–Crippen LogP) is 5.74. The van der Waals surface area contributed by atoms with Crippen LogP contribution in [0.2, 0.25) is 0 Å². The molecule has 0 aliphatic rings. The SMILES string of the molecule is CCCCC(O)CCCCCCCO.CCCCC(O)CCCCCCCO. The van der Waals surface area contributed by atoms with E-state index in [0.717, 1.165) is 77.0 Å². The highest BCUT2D eigenvalue weighted by Gasteiger charge is 2.03. The van der Waals surface area contributed by atoms with Gasteiger partial charge in [-0.1, -0.05) is 90.9 Å². The Labute approximate surface area is 175 Å². The van der Waals surface area contributed by atoms with Gasteiger partial charge in [-0.2, -0.15) is 0 Å². The van der Waals surface area contributed by atoms with E-state index in [2.05, 4.69) is 13.8 Å². The lowest BCUT2D eigenvalue weighted by Gasteiger charge is -2.08. The average molecular weight is 405 g/mol. The maximum absolute atomic E-state index is 9.54. The van der Waals surface area contributed by atoms with E-state index in [1.165, 1.54) is 38.5 Å². The van der Waals surface area contributed by atoms with E-state index in [0.29, 0.717) is 13.2 Å². The molecule has 0 saturated heterocycles. The molecular formula is C24H52O4. The molecule has 2 unspecified atom stereocenters. The summed E-state index contributed by atoms with van der Waals surface area (Å²) in [6, 6.07) is 0. The van der Waals surface area contributed by atoms with E-state index in [1.54, 1.807) is 0 Å². The van der Waals surface area contributed by atoms with Crippen molar-refractivity contribution in [1.29, 1.82) is 0 Å². The van der Waals surface area contributed by atoms with Crippen LogP contribution in [-0.2, 0) is 0 Å². The van der Waals surface area contributed by atoms with Crippen molar-refractivity contribution in [2.75, 3.05) is 13.2 Å². The van der Waals surface area contributed by atoms with Gasteiger partial charge in [0.1, 0.15) is 0 Å². The molecule has 0 rings (SSSR count). The van der Waals surface area contributed by atoms with E-state index in [4.69, 9.17) is 10.2 Å². The highest BCUT2D eigenvalue weighted by molar-refractivity contribution is 4.57. The summed E-state index contributed by atoms with van der Waals surface area (Å²) >= 11 is 0. The van der Waals surface area contributed by atoms with E-state index in [1.807, 2.05) is 0 Å². The van der Waals surface area contributed by atoms with E-state index < -0.39 is 0 Å². The second kappa shape index (κ2) is 26.8. The lowest BCUT2D eigenvalue weighted by molar-refractivity contribution is 0.147. The second-order valence-corrected chi connectivity index (χ2v) is 8.15. The quantitative estimate of drug-likeness (QED) is 0.195. The van der Waals surface area contributed by atoms with Crippen LogP contribution in [0, 0.1) is 0 Å². The first-order valence-corrected chi connectivity index (χ1v) is 12.2. The van der Waals surface area contributed by atoms with Crippen LogP contribution in [0.4, 0.5) is 0 Å². The molecule has 172 valence electrons. The zero-order valence-corrected chi connectivity index (χ0v) is 19.1. The predicted molar refractivity (Wildman–Crippen MR) is 121 cm³/mol. The van der Waals surface area contributed by atoms with Crippen molar-refractivity contribution < 1.29 is 20.4 Å². The molecule has 0 aromatic rings. The van der Waals surface area contributed by atoms with Crippen LogP contribution in [0.25, 0.3) is 0 Å². The monoisotopic (exact) mass is 404 g/mol. The molecular weight excluding hydrogens is 352 g/mol. The standard InChI is InChI=1S/2C12H26O2/c2*1-2-3-9-12(14)10-7-5-4-6-8-11-13/h2*12-14H,2-11H2,1H3. The van der Waals surface area contributed by atoms with Gasteiger partial charge in [0.2, 0.25) is 0 Å². The van der Waals surface area contributed by atoms with Gasteiger partial charge in [-0.15, -0.1) is 0 Å². The second-order valence-electron chi connectivity index (χ2n) is 8.15. The summed E-state index contributed by atoms with van der Waals surface area (Å²) in [5, 5.41) is 36.2. The van der Waals surface area contributed by atoms with Gasteiger partial charge in [-0.3, -0.25) is 0 Å². The number of hydrogen-bond donors (Lipinski definition) is 4. The van der Waals surface area contributed by atoms with Crippen LogP contribution in [0.1, 0.15) is 129 Å². The molecule has 0 heterocycles. The minimum Gasteiger partial charge on any atom is -0.396 e. The van der Waals surface area contributed by atoms with E-state index in [-0.39, 0.29) is 12.2 Å². The molecule has 4 heteroatoms. The topological polar surface area (TPSA) is 80.9 Å². The van der Waals surface area contributed by atoms with Crippen molar-refractivity contribution in [2.45, 2.75) is 142 Å². The van der Waals surface area contributed by atoms with Gasteiger partial charge in [0.25, 0.3) is 0 Å². The number of aliphatic hydroxyl groups excluding tert-OH is 4. The summed E-state index contributed by atoms with van der Waals surface area (Å²) in [6.07, 6.45) is 19.5. The number of rotatable bonds is 20. The van der Waals surface area contributed by atoms with Crippen LogP contribution in [0.15, 0.2) is 0 Å². The highest BCUT2D eigenvalue weighted by atomic mass is 16.3. The molecule has 2 atom stereocenters. The average Bonchev–Trinajstić information content (AvgIpc) is 2.70. The molecule has 0 aliphatic carbocycles. The Morgan fingerprint density at radius 2 is 0.714 bits per heavy atom. The molecule has 0 aromatic heterocycles. The van der Waals surface area contributed by atoms with Gasteiger partial charge in [0, 0.05) is 13.2 Å². The minimum atomic E-state index is -0.0761. The Hall–Kier alpha value is -0.160. The smallest absolute Gasteiger partial charge is 0.0540 e. The maximum Gasteiger partial charge on any atom is 0.0540 e. The van der Waals surface area contributed by atoms with Gasteiger partial charge >= 0.3 is 0 Å². The third-order valence-electron chi connectivity index (χ3n) is 5.17. The highest BCUT2D eigenvalue weighted by Crippen LogP contribution is 2.12. The van der Waals surface area contributed by atoms with Crippen LogP contribution in [-0.4, -0.2) is 45.8 Å². The Morgan fingerprint density at radius 3 is 1.04 bits per heavy atom. The van der Waals surface area contributed by atoms with Crippen molar-refractivity contribution in [3.63, 3.8) is 0 Å². The molecule has 0 aliphatic heterocycles. The van der Waals surface area contributed by atoms with Gasteiger partial charge in [0.05, 0.1) is 12.2 Å². The van der Waals surface area contributed by atoms with Crippen LogP contribution in [0.3, 0.4) is 0 Å². The molecule has 0 radical (unpaired) electrons. The summed E-state index contributed by atoms with van der Waals surface area (Å²) in [6.45, 7) is 4.95. The zero-order valence-electron chi connectivity index (χ0n) is 19.1. The van der Waals surface area contributed by atoms with Crippen LogP contribution < -0.4 is 0 Å². The Kier molecular flexibility index (Phi) is 28.8. The summed E-state index contributed by atoms with van der Waals surface area (Å²) in [5.74, 6) is 0. The first kappa shape index (κ1) is 30.0. The number of unbranched alkanes of at least 4 members (excludes halogenated alkanes) is 10. The fraction of sp³-hybridized carbons (Fsp3) is 1.00. The molecule has 0 amide bonds. The van der Waals surface area contributed by atoms with E-state index >= 15 is 0 Å². The van der Waals surface area contributed by atoms with Crippen molar-refractivity contribution in [2.24, 2.45) is 0 Å². The summed E-state index contributed by atoms with van der Waals surface area (Å²) in [7, 11) is 0. The fourth-order valence-corrected chi connectivity index (χ4v) is 3.21. The lowest BCUT2D eigenvalue weighted by Crippen LogP contribution is -2.05. The molecule has 4 nitrogen and oxygen atoms in total. The van der Waals surface area contributed by atoms with Crippen LogP contribution in [0.5, 0.6) is 0 Å². The summed E-state index contributed by atoms with van der Waals surface area (Å²) < 4.78 is 0. The summed E-state index contributed by atoms with van der Waals surface area (Å²) in [4.78, 5) is 0. The summed E-state index contributed by atoms with van der Waals surface area (Å²) in [5.41, 5.74) is 0. The Morgan fingerprint density at radius 1 is 0.429 bits per heavy atom. The largest absolute Gasteiger partial charge is 0.396 e. The van der Waals surface area contributed by atoms with E-state index in [9.17, 15) is 10.2 Å². The first-order chi connectivity index (χ1) is 13.6. The van der Waals surface area contributed by atoms with Gasteiger partial charge in [0.15, 0.2) is 0 Å². The third-order valence-corrected chi connectivity index (χ3v) is 5.17. The molecule has 0 saturated carbocycles. The lowest BCUT2D eigenvalue weighted by atomic mass is 10.0. The number of aliphatic hydroxyl groups is 4. The van der Waals surface area contributed by atoms with Gasteiger partial charge < -0.3 is 20.4 Å². The third kappa shape index (κ3) is 28.1. The molecule has 0 bridgehead atoms. The maximum atomic E-state index is 9.54.